The molecule has 2 atom stereocenters. The first-order valence-electron chi connectivity index (χ1n) is 7.86. The van der Waals surface area contributed by atoms with Gasteiger partial charge in [-0.3, -0.25) is 9.78 Å². The van der Waals surface area contributed by atoms with Crippen molar-refractivity contribution in [3.63, 3.8) is 0 Å². The molecule has 1 saturated heterocycles. The second kappa shape index (κ2) is 6.79. The molecule has 0 aliphatic carbocycles. The number of para-hydroxylation sites is 1. The lowest BCUT2D eigenvalue weighted by atomic mass is 10.1. The fraction of sp³-hybridized carbons (Fsp3) is 0.333. The molecule has 1 fully saturated rings. The molecule has 1 amide bonds. The molecule has 23 heavy (non-hydrogen) atoms. The Kier molecular flexibility index (Phi) is 4.57. The Morgan fingerprint density at radius 3 is 2.52 bits per heavy atom. The van der Waals surface area contributed by atoms with Crippen molar-refractivity contribution in [2.45, 2.75) is 25.9 Å². The van der Waals surface area contributed by atoms with Crippen LogP contribution in [0.4, 0.5) is 0 Å². The number of piperazine rings is 1. The van der Waals surface area contributed by atoms with Crippen LogP contribution in [0.25, 0.3) is 0 Å². The average Bonchev–Trinajstić information content (AvgIpc) is 2.54. The number of carbonyl (C=O) groups is 1. The summed E-state index contributed by atoms with van der Waals surface area (Å²) in [6.45, 7) is 5.54. The zero-order valence-electron chi connectivity index (χ0n) is 13.4. The second-order valence-electron chi connectivity index (χ2n) is 5.97. The minimum Gasteiger partial charge on any atom is -0.457 e. The third-order valence-corrected chi connectivity index (χ3v) is 3.77. The molecule has 0 bridgehead atoms. The number of benzene rings is 1. The van der Waals surface area contributed by atoms with Gasteiger partial charge in [0, 0.05) is 37.4 Å². The lowest BCUT2D eigenvalue weighted by Gasteiger charge is -2.35. The maximum atomic E-state index is 12.7. The summed E-state index contributed by atoms with van der Waals surface area (Å²) in [5.74, 6) is 1.30. The van der Waals surface area contributed by atoms with Gasteiger partial charge < -0.3 is 15.0 Å². The van der Waals surface area contributed by atoms with Crippen molar-refractivity contribution in [1.82, 2.24) is 15.2 Å². The molecule has 2 heterocycles. The van der Waals surface area contributed by atoms with Crippen molar-refractivity contribution in [2.24, 2.45) is 0 Å². The highest BCUT2D eigenvalue weighted by Crippen LogP contribution is 2.21. The minimum atomic E-state index is -0.0521. The summed E-state index contributed by atoms with van der Waals surface area (Å²) >= 11 is 0. The molecule has 1 aliphatic rings. The van der Waals surface area contributed by atoms with Crippen LogP contribution in [0.3, 0.4) is 0 Å². The number of nitrogens with one attached hydrogen (secondary N) is 1. The molecule has 0 spiro atoms. The van der Waals surface area contributed by atoms with Crippen molar-refractivity contribution < 1.29 is 9.53 Å². The minimum absolute atomic E-state index is 0.0521. The number of amides is 1. The molecule has 5 nitrogen and oxygen atoms in total. The Morgan fingerprint density at radius 2 is 1.83 bits per heavy atom. The maximum Gasteiger partial charge on any atom is 0.272 e. The van der Waals surface area contributed by atoms with Gasteiger partial charge in [-0.05, 0) is 32.0 Å². The van der Waals surface area contributed by atoms with Crippen LogP contribution in [0.15, 0.2) is 48.7 Å². The molecule has 5 heteroatoms. The Hall–Kier alpha value is -2.40. The number of nitrogens with zero attached hydrogens (tertiary/aromatic N) is 2. The van der Waals surface area contributed by atoms with Crippen LogP contribution < -0.4 is 10.1 Å². The SMILES string of the molecule is C[C@@H]1CN(C(=O)c2cc(Oc3ccccc3)ccn2)C[C@@H](C)N1. The second-order valence-corrected chi connectivity index (χ2v) is 5.97. The molecule has 0 saturated carbocycles. The van der Waals surface area contributed by atoms with Gasteiger partial charge >= 0.3 is 0 Å². The van der Waals surface area contributed by atoms with Crippen LogP contribution >= 0.6 is 0 Å². The quantitative estimate of drug-likeness (QED) is 0.947. The van der Waals surface area contributed by atoms with E-state index in [0.717, 1.165) is 5.75 Å². The molecule has 120 valence electrons. The number of aromatic nitrogens is 1. The van der Waals surface area contributed by atoms with Crippen molar-refractivity contribution in [3.05, 3.63) is 54.4 Å². The van der Waals surface area contributed by atoms with Gasteiger partial charge in [0.25, 0.3) is 5.91 Å². The summed E-state index contributed by atoms with van der Waals surface area (Å²) in [7, 11) is 0. The first-order valence-corrected chi connectivity index (χ1v) is 7.86. The molecule has 3 rings (SSSR count). The van der Waals surface area contributed by atoms with Gasteiger partial charge in [-0.15, -0.1) is 0 Å². The van der Waals surface area contributed by atoms with E-state index in [1.807, 2.05) is 35.2 Å². The zero-order chi connectivity index (χ0) is 16.2. The van der Waals surface area contributed by atoms with E-state index in [9.17, 15) is 4.79 Å². The van der Waals surface area contributed by atoms with Gasteiger partial charge in [-0.1, -0.05) is 18.2 Å². The first-order chi connectivity index (χ1) is 11.1. The first kappa shape index (κ1) is 15.5. The van der Waals surface area contributed by atoms with E-state index >= 15 is 0 Å². The zero-order valence-corrected chi connectivity index (χ0v) is 13.4. The van der Waals surface area contributed by atoms with Gasteiger partial charge in [0.15, 0.2) is 0 Å². The monoisotopic (exact) mass is 311 g/mol. The molecule has 1 aliphatic heterocycles. The molecule has 1 aromatic carbocycles. The largest absolute Gasteiger partial charge is 0.457 e. The Labute approximate surface area is 136 Å². The van der Waals surface area contributed by atoms with Gasteiger partial charge in [-0.2, -0.15) is 0 Å². The number of carbonyl (C=O) groups excluding carboxylic acids is 1. The predicted octanol–water partition coefficient (Wildman–Crippen LogP) is 2.70. The highest BCUT2D eigenvalue weighted by molar-refractivity contribution is 5.92. The van der Waals surface area contributed by atoms with E-state index in [4.69, 9.17) is 4.74 Å². The van der Waals surface area contributed by atoms with Crippen molar-refractivity contribution in [1.29, 1.82) is 0 Å². The third-order valence-electron chi connectivity index (χ3n) is 3.77. The fourth-order valence-corrected chi connectivity index (χ4v) is 2.87. The lowest BCUT2D eigenvalue weighted by Crippen LogP contribution is -2.55. The van der Waals surface area contributed by atoms with E-state index in [-0.39, 0.29) is 18.0 Å². The number of pyridine rings is 1. The van der Waals surface area contributed by atoms with Gasteiger partial charge in [0.1, 0.15) is 17.2 Å². The fourth-order valence-electron chi connectivity index (χ4n) is 2.87. The average molecular weight is 311 g/mol. The summed E-state index contributed by atoms with van der Waals surface area (Å²) in [5, 5.41) is 3.42. The topological polar surface area (TPSA) is 54.5 Å². The van der Waals surface area contributed by atoms with Crippen molar-refractivity contribution >= 4 is 5.91 Å². The molecule has 0 radical (unpaired) electrons. The van der Waals surface area contributed by atoms with E-state index in [0.29, 0.717) is 24.5 Å². The maximum absolute atomic E-state index is 12.7. The third kappa shape index (κ3) is 3.87. The summed E-state index contributed by atoms with van der Waals surface area (Å²) < 4.78 is 5.78. The highest BCUT2D eigenvalue weighted by Gasteiger charge is 2.26. The summed E-state index contributed by atoms with van der Waals surface area (Å²) in [6.07, 6.45) is 1.61. The molecule has 2 aromatic rings. The summed E-state index contributed by atoms with van der Waals surface area (Å²) in [4.78, 5) is 18.7. The Bertz CT molecular complexity index is 665. The van der Waals surface area contributed by atoms with Crippen LogP contribution in [-0.2, 0) is 0 Å². The molecule has 1 aromatic heterocycles. The number of ether oxygens (including phenoxy) is 1. The lowest BCUT2D eigenvalue weighted by molar-refractivity contribution is 0.0667. The van der Waals surface area contributed by atoms with Crippen molar-refractivity contribution in [3.8, 4) is 11.5 Å². The smallest absolute Gasteiger partial charge is 0.272 e. The Balaban J connectivity index is 1.75. The van der Waals surface area contributed by atoms with Crippen molar-refractivity contribution in [2.75, 3.05) is 13.1 Å². The highest BCUT2D eigenvalue weighted by atomic mass is 16.5. The molecular weight excluding hydrogens is 290 g/mol. The van der Waals surface area contributed by atoms with E-state index < -0.39 is 0 Å². The van der Waals surface area contributed by atoms with Gasteiger partial charge in [0.05, 0.1) is 0 Å². The van der Waals surface area contributed by atoms with Crippen LogP contribution in [-0.4, -0.2) is 41.0 Å². The molecule has 1 N–H and O–H groups in total. The molecular formula is C18H21N3O2. The van der Waals surface area contributed by atoms with Crippen LogP contribution in [0.5, 0.6) is 11.5 Å². The summed E-state index contributed by atoms with van der Waals surface area (Å²) in [5.41, 5.74) is 0.416. The molecule has 0 unspecified atom stereocenters. The van der Waals surface area contributed by atoms with E-state index in [1.165, 1.54) is 0 Å². The normalized spacial score (nSPS) is 21.0. The predicted molar refractivity (Wildman–Crippen MR) is 88.7 cm³/mol. The number of rotatable bonds is 3. The summed E-state index contributed by atoms with van der Waals surface area (Å²) in [6, 6.07) is 13.5. The van der Waals surface area contributed by atoms with E-state index in [2.05, 4.69) is 24.1 Å². The van der Waals surface area contributed by atoms with Gasteiger partial charge in [-0.25, -0.2) is 0 Å². The van der Waals surface area contributed by atoms with Crippen LogP contribution in [0.1, 0.15) is 24.3 Å². The van der Waals surface area contributed by atoms with Crippen LogP contribution in [0.2, 0.25) is 0 Å². The number of hydrogen-bond acceptors (Lipinski definition) is 4. The van der Waals surface area contributed by atoms with Crippen LogP contribution in [0, 0.1) is 0 Å². The van der Waals surface area contributed by atoms with Gasteiger partial charge in [0.2, 0.25) is 0 Å². The standard InChI is InChI=1S/C18H21N3O2/c1-13-11-21(12-14(2)20-13)18(22)17-10-16(8-9-19-17)23-15-6-4-3-5-7-15/h3-10,13-14,20H,11-12H2,1-2H3/t13-,14-/m1/s1. The Morgan fingerprint density at radius 1 is 1.13 bits per heavy atom. The number of hydrogen-bond donors (Lipinski definition) is 1. The van der Waals surface area contributed by atoms with E-state index in [1.54, 1.807) is 18.3 Å².